The van der Waals surface area contributed by atoms with E-state index in [2.05, 4.69) is 4.98 Å². The van der Waals surface area contributed by atoms with Gasteiger partial charge in [-0.05, 0) is 30.9 Å². The van der Waals surface area contributed by atoms with E-state index in [1.165, 1.54) is 27.9 Å². The summed E-state index contributed by atoms with van der Waals surface area (Å²) in [5, 5.41) is 0.536. The molecule has 0 spiro atoms. The number of nitrogens with zero attached hydrogens (tertiary/aromatic N) is 3. The molecule has 32 heavy (non-hydrogen) atoms. The maximum absolute atomic E-state index is 13.4. The SMILES string of the molecule is CCOC(=O)c1c(OCC(F)(F)F)c2c(=O)n(Cc3cccc(Cl)c3)c(SC)nc2n1C. The Hall–Kier alpha value is -2.66. The molecular weight excluding hydrogens is 471 g/mol. The topological polar surface area (TPSA) is 75.3 Å². The van der Waals surface area contributed by atoms with Crippen molar-refractivity contribution in [3.63, 3.8) is 0 Å². The minimum absolute atomic E-state index is 0.0123. The molecule has 0 aliphatic carbocycles. The Labute approximate surface area is 190 Å². The number of ether oxygens (including phenoxy) is 2. The van der Waals surface area contributed by atoms with Gasteiger partial charge in [-0.25, -0.2) is 9.78 Å². The summed E-state index contributed by atoms with van der Waals surface area (Å²) in [5.74, 6) is -1.43. The van der Waals surface area contributed by atoms with Crippen molar-refractivity contribution in [1.29, 1.82) is 0 Å². The van der Waals surface area contributed by atoms with Crippen molar-refractivity contribution in [1.82, 2.24) is 14.1 Å². The van der Waals surface area contributed by atoms with Gasteiger partial charge in [0, 0.05) is 12.1 Å². The second kappa shape index (κ2) is 9.45. The van der Waals surface area contributed by atoms with Crippen molar-refractivity contribution in [2.24, 2.45) is 7.05 Å². The first kappa shape index (κ1) is 24.0. The fourth-order valence-electron chi connectivity index (χ4n) is 3.18. The minimum Gasteiger partial charge on any atom is -0.481 e. The summed E-state index contributed by atoms with van der Waals surface area (Å²) >= 11 is 7.20. The van der Waals surface area contributed by atoms with Crippen LogP contribution in [0.5, 0.6) is 5.75 Å². The van der Waals surface area contributed by atoms with Crippen LogP contribution in [-0.2, 0) is 18.3 Å². The number of aromatic nitrogens is 3. The summed E-state index contributed by atoms with van der Waals surface area (Å²) in [7, 11) is 1.41. The average molecular weight is 490 g/mol. The number of esters is 1. The van der Waals surface area contributed by atoms with Crippen LogP contribution in [0, 0.1) is 0 Å². The van der Waals surface area contributed by atoms with Crippen LogP contribution in [0.15, 0.2) is 34.2 Å². The molecule has 0 aliphatic heterocycles. The number of hydrogen-bond donors (Lipinski definition) is 0. The molecule has 7 nitrogen and oxygen atoms in total. The summed E-state index contributed by atoms with van der Waals surface area (Å²) in [4.78, 5) is 30.4. The number of aryl methyl sites for hydroxylation is 1. The third kappa shape index (κ3) is 4.88. The number of fused-ring (bicyclic) bond motifs is 1. The molecular formula is C20H19ClF3N3O4S. The first-order valence-electron chi connectivity index (χ1n) is 9.35. The molecule has 0 radical (unpaired) electrons. The van der Waals surface area contributed by atoms with Crippen molar-refractivity contribution >= 4 is 40.4 Å². The van der Waals surface area contributed by atoms with E-state index in [1.807, 2.05) is 0 Å². The number of benzene rings is 1. The second-order valence-electron chi connectivity index (χ2n) is 6.68. The van der Waals surface area contributed by atoms with Crippen molar-refractivity contribution in [2.45, 2.75) is 24.8 Å². The van der Waals surface area contributed by atoms with Gasteiger partial charge in [0.2, 0.25) is 0 Å². The van der Waals surface area contributed by atoms with Crippen LogP contribution in [0.25, 0.3) is 11.0 Å². The van der Waals surface area contributed by atoms with Gasteiger partial charge in [-0.1, -0.05) is 35.5 Å². The number of carbonyl (C=O) groups excluding carboxylic acids is 1. The van der Waals surface area contributed by atoms with Crippen LogP contribution in [-0.4, -0.2) is 45.7 Å². The molecule has 0 unspecified atom stereocenters. The van der Waals surface area contributed by atoms with Crippen LogP contribution in [0.1, 0.15) is 23.0 Å². The van der Waals surface area contributed by atoms with Crippen LogP contribution < -0.4 is 10.3 Å². The van der Waals surface area contributed by atoms with E-state index >= 15 is 0 Å². The van der Waals surface area contributed by atoms with Crippen LogP contribution in [0.2, 0.25) is 5.02 Å². The third-order valence-electron chi connectivity index (χ3n) is 4.47. The molecule has 0 atom stereocenters. The highest BCUT2D eigenvalue weighted by Crippen LogP contribution is 2.33. The molecule has 0 saturated carbocycles. The highest BCUT2D eigenvalue weighted by Gasteiger charge is 2.33. The molecule has 3 rings (SSSR count). The zero-order chi connectivity index (χ0) is 23.6. The summed E-state index contributed by atoms with van der Waals surface area (Å²) in [6.07, 6.45) is -2.97. The van der Waals surface area contributed by atoms with Gasteiger partial charge >= 0.3 is 12.1 Å². The number of thioether (sulfide) groups is 1. The van der Waals surface area contributed by atoms with E-state index in [0.717, 1.165) is 0 Å². The van der Waals surface area contributed by atoms with Gasteiger partial charge in [-0.2, -0.15) is 13.2 Å². The zero-order valence-corrected chi connectivity index (χ0v) is 18.9. The molecule has 0 bridgehead atoms. The molecule has 3 aromatic rings. The molecule has 172 valence electrons. The van der Waals surface area contributed by atoms with Crippen LogP contribution >= 0.6 is 23.4 Å². The van der Waals surface area contributed by atoms with Gasteiger partial charge < -0.3 is 14.0 Å². The molecule has 0 saturated heterocycles. The number of hydrogen-bond acceptors (Lipinski definition) is 6. The monoisotopic (exact) mass is 489 g/mol. The number of rotatable bonds is 7. The fourth-order valence-corrected chi connectivity index (χ4v) is 3.94. The van der Waals surface area contributed by atoms with E-state index in [9.17, 15) is 22.8 Å². The van der Waals surface area contributed by atoms with Gasteiger partial charge in [0.15, 0.2) is 28.9 Å². The highest BCUT2D eigenvalue weighted by atomic mass is 35.5. The van der Waals surface area contributed by atoms with E-state index in [-0.39, 0.29) is 29.9 Å². The molecule has 0 amide bonds. The molecule has 1 aromatic carbocycles. The van der Waals surface area contributed by atoms with Crippen molar-refractivity contribution in [3.8, 4) is 5.75 Å². The predicted molar refractivity (Wildman–Crippen MR) is 115 cm³/mol. The smallest absolute Gasteiger partial charge is 0.422 e. The maximum Gasteiger partial charge on any atom is 0.422 e. The maximum atomic E-state index is 13.4. The Morgan fingerprint density at radius 1 is 1.31 bits per heavy atom. The lowest BCUT2D eigenvalue weighted by Crippen LogP contribution is -2.25. The minimum atomic E-state index is -4.68. The van der Waals surface area contributed by atoms with Gasteiger partial charge in [-0.3, -0.25) is 9.36 Å². The zero-order valence-electron chi connectivity index (χ0n) is 17.3. The number of carbonyl (C=O) groups is 1. The Kier molecular flexibility index (Phi) is 7.09. The lowest BCUT2D eigenvalue weighted by atomic mass is 10.2. The Balaban J connectivity index is 2.28. The highest BCUT2D eigenvalue weighted by molar-refractivity contribution is 7.98. The second-order valence-corrected chi connectivity index (χ2v) is 7.89. The standard InChI is InChI=1S/C20H19ClF3N3O4S/c1-4-30-18(29)14-15(31-10-20(22,23)24)13-16(26(14)2)25-19(32-3)27(17(13)28)9-11-6-5-7-12(21)8-11/h5-8H,4,9-10H2,1-3H3. The third-order valence-corrected chi connectivity index (χ3v) is 5.38. The summed E-state index contributed by atoms with van der Waals surface area (Å²) in [5.41, 5.74) is -0.261. The van der Waals surface area contributed by atoms with Crippen molar-refractivity contribution in [2.75, 3.05) is 19.5 Å². The molecule has 2 heterocycles. The van der Waals surface area contributed by atoms with E-state index in [0.29, 0.717) is 15.7 Å². The van der Waals surface area contributed by atoms with Gasteiger partial charge in [0.1, 0.15) is 5.39 Å². The quantitative estimate of drug-likeness (QED) is 0.280. The Morgan fingerprint density at radius 2 is 2.03 bits per heavy atom. The molecule has 2 aromatic heterocycles. The first-order valence-corrected chi connectivity index (χ1v) is 11.0. The van der Waals surface area contributed by atoms with E-state index in [4.69, 9.17) is 21.1 Å². The molecule has 0 N–H and O–H groups in total. The predicted octanol–water partition coefficient (Wildman–Crippen LogP) is 4.28. The average Bonchev–Trinajstić information content (AvgIpc) is 3.00. The summed E-state index contributed by atoms with van der Waals surface area (Å²) < 4.78 is 51.1. The van der Waals surface area contributed by atoms with Gasteiger partial charge in [-0.15, -0.1) is 0 Å². The summed E-state index contributed by atoms with van der Waals surface area (Å²) in [6, 6.07) is 6.81. The molecule has 12 heteroatoms. The molecule has 0 aliphatic rings. The summed E-state index contributed by atoms with van der Waals surface area (Å²) in [6.45, 7) is -0.0716. The van der Waals surface area contributed by atoms with Crippen molar-refractivity contribution < 1.29 is 27.4 Å². The van der Waals surface area contributed by atoms with E-state index in [1.54, 1.807) is 37.4 Å². The molecule has 0 fully saturated rings. The van der Waals surface area contributed by atoms with Crippen LogP contribution in [0.3, 0.4) is 0 Å². The lowest BCUT2D eigenvalue weighted by Gasteiger charge is -2.12. The number of alkyl halides is 3. The number of halogens is 4. The largest absolute Gasteiger partial charge is 0.481 e. The lowest BCUT2D eigenvalue weighted by molar-refractivity contribution is -0.153. The van der Waals surface area contributed by atoms with E-state index < -0.39 is 30.1 Å². The van der Waals surface area contributed by atoms with Crippen molar-refractivity contribution in [3.05, 3.63) is 50.9 Å². The Bertz CT molecular complexity index is 1220. The fraction of sp³-hybridized carbons (Fsp3) is 0.350. The Morgan fingerprint density at radius 3 is 2.62 bits per heavy atom. The van der Waals surface area contributed by atoms with Gasteiger partial charge in [0.05, 0.1) is 13.2 Å². The first-order chi connectivity index (χ1) is 15.1. The normalized spacial score (nSPS) is 11.7. The van der Waals surface area contributed by atoms with Crippen LogP contribution in [0.4, 0.5) is 13.2 Å². The van der Waals surface area contributed by atoms with Gasteiger partial charge in [0.25, 0.3) is 5.56 Å².